The van der Waals surface area contributed by atoms with Gasteiger partial charge in [0.15, 0.2) is 11.6 Å². The lowest BCUT2D eigenvalue weighted by molar-refractivity contribution is 0.304. The summed E-state index contributed by atoms with van der Waals surface area (Å²) in [4.78, 5) is 0. The molecule has 0 saturated heterocycles. The lowest BCUT2D eigenvalue weighted by Gasteiger charge is -2.30. The number of hydrogen-bond donors (Lipinski definition) is 0. The maximum atomic E-state index is 14.4. The van der Waals surface area contributed by atoms with Crippen LogP contribution < -0.4 is 4.74 Å². The van der Waals surface area contributed by atoms with Gasteiger partial charge in [-0.2, -0.15) is 4.39 Å². The molecule has 2 aromatic carbocycles. The third-order valence-corrected chi connectivity index (χ3v) is 8.52. The smallest absolute Gasteiger partial charge is 0.200 e. The average Bonchev–Trinajstić information content (AvgIpc) is 2.88. The molecule has 186 valence electrons. The highest BCUT2D eigenvalue weighted by Crippen LogP contribution is 2.40. The average molecular weight is 469 g/mol. The van der Waals surface area contributed by atoms with Gasteiger partial charge >= 0.3 is 0 Å². The van der Waals surface area contributed by atoms with Gasteiger partial charge in [0, 0.05) is 0 Å². The van der Waals surface area contributed by atoms with Crippen LogP contribution in [0.3, 0.4) is 0 Å². The van der Waals surface area contributed by atoms with Crippen molar-refractivity contribution >= 4 is 0 Å². The Bertz CT molecular complexity index is 890. The molecular formula is C31H42F2O. The summed E-state index contributed by atoms with van der Waals surface area (Å²) in [6, 6.07) is 12.8. The zero-order valence-corrected chi connectivity index (χ0v) is 21.1. The van der Waals surface area contributed by atoms with E-state index in [2.05, 4.69) is 31.2 Å². The van der Waals surface area contributed by atoms with E-state index in [1.54, 1.807) is 19.1 Å². The zero-order chi connectivity index (χ0) is 23.9. The largest absolute Gasteiger partial charge is 0.491 e. The second-order valence-corrected chi connectivity index (χ2v) is 10.7. The molecule has 2 aromatic rings. The van der Waals surface area contributed by atoms with E-state index < -0.39 is 11.6 Å². The second kappa shape index (κ2) is 12.2. The van der Waals surface area contributed by atoms with Crippen molar-refractivity contribution in [2.24, 2.45) is 11.8 Å². The Morgan fingerprint density at radius 1 is 0.676 bits per heavy atom. The fourth-order valence-corrected chi connectivity index (χ4v) is 6.41. The summed E-state index contributed by atoms with van der Waals surface area (Å²) < 4.78 is 33.7. The number of ether oxygens (including phenoxy) is 1. The molecule has 0 amide bonds. The van der Waals surface area contributed by atoms with Crippen molar-refractivity contribution in [2.45, 2.75) is 103 Å². The molecule has 2 fully saturated rings. The SMILES string of the molecule is CCCC1CCC(c2ccc(C3CCC(CCc4ccc(OCC)c(F)c4F)CC3)cc2)CC1. The van der Waals surface area contributed by atoms with Crippen molar-refractivity contribution in [3.05, 3.63) is 64.7 Å². The lowest BCUT2D eigenvalue weighted by Crippen LogP contribution is -2.15. The predicted octanol–water partition coefficient (Wildman–Crippen LogP) is 9.34. The van der Waals surface area contributed by atoms with Crippen LogP contribution in [0.15, 0.2) is 36.4 Å². The summed E-state index contributed by atoms with van der Waals surface area (Å²) in [6.45, 7) is 4.41. The van der Waals surface area contributed by atoms with Crippen molar-refractivity contribution in [1.29, 1.82) is 0 Å². The monoisotopic (exact) mass is 468 g/mol. The number of benzene rings is 2. The highest BCUT2D eigenvalue weighted by Gasteiger charge is 2.25. The van der Waals surface area contributed by atoms with Crippen LogP contribution in [0.25, 0.3) is 0 Å². The van der Waals surface area contributed by atoms with Crippen LogP contribution in [0.1, 0.15) is 113 Å². The molecule has 3 heteroatoms. The van der Waals surface area contributed by atoms with Gasteiger partial charge in [-0.3, -0.25) is 0 Å². The Hall–Kier alpha value is -1.90. The maximum absolute atomic E-state index is 14.4. The molecule has 1 nitrogen and oxygen atoms in total. The van der Waals surface area contributed by atoms with E-state index in [1.807, 2.05) is 0 Å². The topological polar surface area (TPSA) is 9.23 Å². The van der Waals surface area contributed by atoms with E-state index in [4.69, 9.17) is 4.74 Å². The van der Waals surface area contributed by atoms with Gasteiger partial charge in [-0.1, -0.05) is 50.1 Å². The molecule has 34 heavy (non-hydrogen) atoms. The molecule has 0 N–H and O–H groups in total. The van der Waals surface area contributed by atoms with Crippen molar-refractivity contribution < 1.29 is 13.5 Å². The van der Waals surface area contributed by atoms with E-state index in [1.165, 1.54) is 75.3 Å². The van der Waals surface area contributed by atoms with Crippen LogP contribution >= 0.6 is 0 Å². The fraction of sp³-hybridized carbons (Fsp3) is 0.613. The molecule has 4 rings (SSSR count). The molecule has 0 atom stereocenters. The first-order valence-electron chi connectivity index (χ1n) is 13.8. The van der Waals surface area contributed by atoms with Crippen molar-refractivity contribution in [2.75, 3.05) is 6.61 Å². The van der Waals surface area contributed by atoms with E-state index in [0.717, 1.165) is 18.3 Å². The highest BCUT2D eigenvalue weighted by atomic mass is 19.2. The molecule has 0 heterocycles. The Morgan fingerprint density at radius 3 is 1.71 bits per heavy atom. The van der Waals surface area contributed by atoms with E-state index in [0.29, 0.717) is 30.4 Å². The zero-order valence-electron chi connectivity index (χ0n) is 21.1. The lowest BCUT2D eigenvalue weighted by atomic mass is 9.75. The molecular weight excluding hydrogens is 426 g/mol. The number of aryl methyl sites for hydroxylation is 1. The molecule has 0 aliphatic heterocycles. The Morgan fingerprint density at radius 2 is 1.21 bits per heavy atom. The van der Waals surface area contributed by atoms with Gasteiger partial charge in [0.05, 0.1) is 6.61 Å². The van der Waals surface area contributed by atoms with E-state index >= 15 is 0 Å². The van der Waals surface area contributed by atoms with Gasteiger partial charge < -0.3 is 4.74 Å². The van der Waals surface area contributed by atoms with E-state index in [9.17, 15) is 8.78 Å². The number of halogens is 2. The van der Waals surface area contributed by atoms with Gasteiger partial charge in [-0.25, -0.2) is 4.39 Å². The quantitative estimate of drug-likeness (QED) is 0.356. The summed E-state index contributed by atoms with van der Waals surface area (Å²) in [5.74, 6) is 1.39. The predicted molar refractivity (Wildman–Crippen MR) is 137 cm³/mol. The van der Waals surface area contributed by atoms with Crippen molar-refractivity contribution in [3.8, 4) is 5.75 Å². The molecule has 2 aliphatic carbocycles. The molecule has 2 saturated carbocycles. The molecule has 0 spiro atoms. The fourth-order valence-electron chi connectivity index (χ4n) is 6.41. The minimum Gasteiger partial charge on any atom is -0.491 e. The highest BCUT2D eigenvalue weighted by molar-refractivity contribution is 5.31. The third-order valence-electron chi connectivity index (χ3n) is 8.52. The van der Waals surface area contributed by atoms with Crippen LogP contribution in [-0.2, 0) is 6.42 Å². The van der Waals surface area contributed by atoms with Gasteiger partial charge in [0.2, 0.25) is 5.82 Å². The third kappa shape index (κ3) is 6.20. The van der Waals surface area contributed by atoms with E-state index in [-0.39, 0.29) is 5.75 Å². The van der Waals surface area contributed by atoms with Crippen LogP contribution in [0, 0.1) is 23.5 Å². The van der Waals surface area contributed by atoms with Gasteiger partial charge in [0.1, 0.15) is 0 Å². The molecule has 2 aliphatic rings. The summed E-state index contributed by atoms with van der Waals surface area (Å²) in [5, 5.41) is 0. The molecule has 0 unspecified atom stereocenters. The van der Waals surface area contributed by atoms with Gasteiger partial charge in [-0.15, -0.1) is 0 Å². The van der Waals surface area contributed by atoms with Crippen molar-refractivity contribution in [1.82, 2.24) is 0 Å². The van der Waals surface area contributed by atoms with Crippen molar-refractivity contribution in [3.63, 3.8) is 0 Å². The van der Waals surface area contributed by atoms with Crippen LogP contribution in [0.2, 0.25) is 0 Å². The first-order valence-corrected chi connectivity index (χ1v) is 13.8. The van der Waals surface area contributed by atoms with Gasteiger partial charge in [0.25, 0.3) is 0 Å². The number of rotatable bonds is 9. The molecule has 0 aromatic heterocycles. The summed E-state index contributed by atoms with van der Waals surface area (Å²) >= 11 is 0. The Balaban J connectivity index is 1.24. The molecule has 0 radical (unpaired) electrons. The minimum atomic E-state index is -0.847. The Kier molecular flexibility index (Phi) is 9.03. The number of hydrogen-bond acceptors (Lipinski definition) is 1. The maximum Gasteiger partial charge on any atom is 0.200 e. The Labute approximate surface area is 205 Å². The van der Waals surface area contributed by atoms with Gasteiger partial charge in [-0.05, 0) is 118 Å². The summed E-state index contributed by atoms with van der Waals surface area (Å²) in [5.41, 5.74) is 3.50. The first-order chi connectivity index (χ1) is 16.6. The van der Waals surface area contributed by atoms with Crippen LogP contribution in [-0.4, -0.2) is 6.61 Å². The second-order valence-electron chi connectivity index (χ2n) is 10.7. The minimum absolute atomic E-state index is 0.0134. The van der Waals surface area contributed by atoms with Crippen LogP contribution in [0.5, 0.6) is 5.75 Å². The molecule has 0 bridgehead atoms. The normalized spacial score (nSPS) is 25.3. The summed E-state index contributed by atoms with van der Waals surface area (Å²) in [6.07, 6.45) is 14.5. The summed E-state index contributed by atoms with van der Waals surface area (Å²) in [7, 11) is 0. The van der Waals surface area contributed by atoms with Crippen LogP contribution in [0.4, 0.5) is 8.78 Å². The first kappa shape index (κ1) is 25.2. The standard InChI is InChI=1S/C31H42F2O/c1-3-5-22-6-11-24(12-7-22)26-16-18-27(19-17-26)25-13-8-23(9-14-25)10-15-28-20-21-29(34-4-2)31(33)30(28)32/h16-25H,3-15H2,1-2H3.